The number of benzene rings is 1. The standard InChI is InChI=1S/C18H24N4O/c1-21(17(23)13-11-18(13)7-9-19-10-8-18)12-16-20-14-5-3-4-6-15(14)22(16)2/h3-6,13,19H,7-12H2,1-2H3/t13-/m0/s1. The maximum atomic E-state index is 12.8. The number of carbonyl (C=O) groups excluding carboxylic acids is 1. The minimum Gasteiger partial charge on any atom is -0.338 e. The van der Waals surface area contributed by atoms with Crippen LogP contribution in [0.1, 0.15) is 25.1 Å². The molecule has 122 valence electrons. The fourth-order valence-electron chi connectivity index (χ4n) is 4.07. The first-order valence-electron chi connectivity index (χ1n) is 8.47. The molecule has 0 bridgehead atoms. The van der Waals surface area contributed by atoms with Crippen molar-refractivity contribution in [2.75, 3.05) is 20.1 Å². The Hall–Kier alpha value is -1.88. The van der Waals surface area contributed by atoms with Crippen LogP contribution in [0.15, 0.2) is 24.3 Å². The van der Waals surface area contributed by atoms with Crippen molar-refractivity contribution < 1.29 is 4.79 Å². The number of imidazole rings is 1. The Morgan fingerprint density at radius 1 is 1.39 bits per heavy atom. The highest BCUT2D eigenvalue weighted by Crippen LogP contribution is 2.59. The van der Waals surface area contributed by atoms with Crippen molar-refractivity contribution in [2.45, 2.75) is 25.8 Å². The lowest BCUT2D eigenvalue weighted by Gasteiger charge is -2.25. The van der Waals surface area contributed by atoms with Crippen molar-refractivity contribution in [1.29, 1.82) is 0 Å². The molecule has 1 aromatic carbocycles. The van der Waals surface area contributed by atoms with E-state index in [9.17, 15) is 4.79 Å². The van der Waals surface area contributed by atoms with Crippen molar-refractivity contribution in [3.05, 3.63) is 30.1 Å². The van der Waals surface area contributed by atoms with Crippen molar-refractivity contribution in [2.24, 2.45) is 18.4 Å². The van der Waals surface area contributed by atoms with Gasteiger partial charge in [-0.15, -0.1) is 0 Å². The molecule has 4 rings (SSSR count). The molecule has 1 aliphatic carbocycles. The van der Waals surface area contributed by atoms with Gasteiger partial charge < -0.3 is 14.8 Å². The molecule has 0 radical (unpaired) electrons. The summed E-state index contributed by atoms with van der Waals surface area (Å²) in [5, 5.41) is 3.39. The summed E-state index contributed by atoms with van der Waals surface area (Å²) >= 11 is 0. The summed E-state index contributed by atoms with van der Waals surface area (Å²) in [6, 6.07) is 8.11. The average Bonchev–Trinajstić information content (AvgIpc) is 3.16. The van der Waals surface area contributed by atoms with Gasteiger partial charge in [0.05, 0.1) is 17.6 Å². The van der Waals surface area contributed by atoms with Gasteiger partial charge in [-0.2, -0.15) is 0 Å². The van der Waals surface area contributed by atoms with Crippen LogP contribution in [0.25, 0.3) is 11.0 Å². The first-order valence-corrected chi connectivity index (χ1v) is 8.47. The van der Waals surface area contributed by atoms with Gasteiger partial charge in [-0.1, -0.05) is 12.1 Å². The highest BCUT2D eigenvalue weighted by atomic mass is 16.2. The van der Waals surface area contributed by atoms with Crippen LogP contribution < -0.4 is 5.32 Å². The van der Waals surface area contributed by atoms with Gasteiger partial charge in [-0.05, 0) is 49.9 Å². The maximum absolute atomic E-state index is 12.8. The van der Waals surface area contributed by atoms with Crippen LogP contribution in [0.5, 0.6) is 0 Å². The molecule has 1 spiro atoms. The molecule has 2 fully saturated rings. The number of amides is 1. The molecule has 1 aliphatic heterocycles. The van der Waals surface area contributed by atoms with E-state index in [2.05, 4.69) is 20.9 Å². The molecule has 2 heterocycles. The average molecular weight is 312 g/mol. The van der Waals surface area contributed by atoms with E-state index in [-0.39, 0.29) is 5.92 Å². The van der Waals surface area contributed by atoms with Crippen LogP contribution in [0, 0.1) is 11.3 Å². The Balaban J connectivity index is 1.48. The molecule has 1 N–H and O–H groups in total. The molecular weight excluding hydrogens is 288 g/mol. The summed E-state index contributed by atoms with van der Waals surface area (Å²) in [4.78, 5) is 19.3. The molecule has 1 atom stereocenters. The van der Waals surface area contributed by atoms with Gasteiger partial charge in [0.25, 0.3) is 0 Å². The predicted molar refractivity (Wildman–Crippen MR) is 89.8 cm³/mol. The molecule has 1 amide bonds. The highest BCUT2D eigenvalue weighted by Gasteiger charge is 2.58. The molecule has 1 aromatic heterocycles. The second-order valence-corrected chi connectivity index (χ2v) is 7.14. The molecule has 1 saturated carbocycles. The number of hydrogen-bond donors (Lipinski definition) is 1. The first-order chi connectivity index (χ1) is 11.1. The van der Waals surface area contributed by atoms with Gasteiger partial charge in [-0.3, -0.25) is 4.79 Å². The van der Waals surface area contributed by atoms with Gasteiger partial charge in [0, 0.05) is 20.0 Å². The summed E-state index contributed by atoms with van der Waals surface area (Å²) in [6.07, 6.45) is 3.35. The molecule has 2 aromatic rings. The zero-order valence-corrected chi connectivity index (χ0v) is 13.9. The number of nitrogens with zero attached hydrogens (tertiary/aromatic N) is 3. The lowest BCUT2D eigenvalue weighted by Crippen LogP contribution is -2.34. The second kappa shape index (κ2) is 5.34. The zero-order chi connectivity index (χ0) is 16.0. The molecule has 2 aliphatic rings. The van der Waals surface area contributed by atoms with Crippen LogP contribution in [-0.2, 0) is 18.4 Å². The molecule has 0 unspecified atom stereocenters. The topological polar surface area (TPSA) is 50.2 Å². The number of fused-ring (bicyclic) bond motifs is 1. The van der Waals surface area contributed by atoms with Gasteiger partial charge in [0.2, 0.25) is 5.91 Å². The van der Waals surface area contributed by atoms with Gasteiger partial charge in [0.15, 0.2) is 0 Å². The summed E-state index contributed by atoms with van der Waals surface area (Å²) in [6.45, 7) is 2.69. The highest BCUT2D eigenvalue weighted by molar-refractivity contribution is 5.82. The maximum Gasteiger partial charge on any atom is 0.226 e. The number of hydrogen-bond acceptors (Lipinski definition) is 3. The SMILES string of the molecule is CN(Cc1nc2ccccc2n1C)C(=O)[C@@H]1CC12CCNCC2. The fourth-order valence-corrected chi connectivity index (χ4v) is 4.07. The molecule has 1 saturated heterocycles. The van der Waals surface area contributed by atoms with Crippen LogP contribution >= 0.6 is 0 Å². The zero-order valence-electron chi connectivity index (χ0n) is 13.9. The third-order valence-electron chi connectivity index (χ3n) is 5.72. The van der Waals surface area contributed by atoms with Crippen molar-refractivity contribution in [3.63, 3.8) is 0 Å². The summed E-state index contributed by atoms with van der Waals surface area (Å²) in [7, 11) is 3.93. The summed E-state index contributed by atoms with van der Waals surface area (Å²) < 4.78 is 2.09. The number of aromatic nitrogens is 2. The fraction of sp³-hybridized carbons (Fsp3) is 0.556. The van der Waals surface area contributed by atoms with E-state index in [0.29, 0.717) is 17.9 Å². The number of carbonyl (C=O) groups is 1. The van der Waals surface area contributed by atoms with Crippen molar-refractivity contribution in [3.8, 4) is 0 Å². The van der Waals surface area contributed by atoms with Crippen molar-refractivity contribution >= 4 is 16.9 Å². The van der Waals surface area contributed by atoms with E-state index < -0.39 is 0 Å². The molecular formula is C18H24N4O. The summed E-state index contributed by atoms with van der Waals surface area (Å²) in [5.74, 6) is 1.46. The quantitative estimate of drug-likeness (QED) is 0.942. The number of rotatable bonds is 3. The van der Waals surface area contributed by atoms with E-state index in [1.807, 2.05) is 37.2 Å². The van der Waals surface area contributed by atoms with E-state index in [0.717, 1.165) is 49.2 Å². The lowest BCUT2D eigenvalue weighted by molar-refractivity contribution is -0.133. The van der Waals surface area contributed by atoms with Crippen molar-refractivity contribution in [1.82, 2.24) is 19.8 Å². The van der Waals surface area contributed by atoms with E-state index >= 15 is 0 Å². The number of nitrogens with one attached hydrogen (secondary N) is 1. The van der Waals surface area contributed by atoms with Crippen LogP contribution in [0.2, 0.25) is 0 Å². The molecule has 5 nitrogen and oxygen atoms in total. The Labute approximate surface area is 136 Å². The Morgan fingerprint density at radius 2 is 2.13 bits per heavy atom. The monoisotopic (exact) mass is 312 g/mol. The van der Waals surface area contributed by atoms with E-state index in [4.69, 9.17) is 0 Å². The third-order valence-corrected chi connectivity index (χ3v) is 5.72. The minimum absolute atomic E-state index is 0.226. The normalized spacial score (nSPS) is 22.4. The molecule has 23 heavy (non-hydrogen) atoms. The van der Waals surface area contributed by atoms with E-state index in [1.165, 1.54) is 0 Å². The Kier molecular flexibility index (Phi) is 3.41. The largest absolute Gasteiger partial charge is 0.338 e. The smallest absolute Gasteiger partial charge is 0.226 e. The van der Waals surface area contributed by atoms with Crippen LogP contribution in [0.4, 0.5) is 0 Å². The predicted octanol–water partition coefficient (Wildman–Crippen LogP) is 1.92. The van der Waals surface area contributed by atoms with Crippen LogP contribution in [0.3, 0.4) is 0 Å². The van der Waals surface area contributed by atoms with E-state index in [1.54, 1.807) is 0 Å². The Bertz CT molecular complexity index is 745. The summed E-state index contributed by atoms with van der Waals surface area (Å²) in [5.41, 5.74) is 2.40. The lowest BCUT2D eigenvalue weighted by atomic mass is 9.91. The molecule has 5 heteroatoms. The van der Waals surface area contributed by atoms with Gasteiger partial charge in [0.1, 0.15) is 5.82 Å². The number of para-hydroxylation sites is 2. The third kappa shape index (κ3) is 2.43. The van der Waals surface area contributed by atoms with Gasteiger partial charge in [-0.25, -0.2) is 4.98 Å². The first kappa shape index (κ1) is 14.7. The minimum atomic E-state index is 0.226. The Morgan fingerprint density at radius 3 is 2.87 bits per heavy atom. The van der Waals surface area contributed by atoms with Crippen LogP contribution in [-0.4, -0.2) is 40.5 Å². The van der Waals surface area contributed by atoms with Gasteiger partial charge >= 0.3 is 0 Å². The second-order valence-electron chi connectivity index (χ2n) is 7.14. The number of aryl methyl sites for hydroxylation is 1. The number of piperidine rings is 1.